The van der Waals surface area contributed by atoms with Gasteiger partial charge in [0.05, 0.1) is 0 Å². The summed E-state index contributed by atoms with van der Waals surface area (Å²) in [4.78, 5) is 11.7. The van der Waals surface area contributed by atoms with E-state index in [0.29, 0.717) is 9.86 Å². The fraction of sp³-hybridized carbons (Fsp3) is 0.353. The molecule has 1 aliphatic heterocycles. The van der Waals surface area contributed by atoms with Gasteiger partial charge in [-0.3, -0.25) is 10.2 Å². The lowest BCUT2D eigenvalue weighted by Crippen LogP contribution is -2.51. The summed E-state index contributed by atoms with van der Waals surface area (Å²) in [6, 6.07) is 8.49. The molecule has 1 unspecified atom stereocenters. The molecule has 1 N–H and O–H groups in total. The number of nitrogens with zero attached hydrogens (tertiary/aromatic N) is 1. The summed E-state index contributed by atoms with van der Waals surface area (Å²) in [7, 11) is 0. The summed E-state index contributed by atoms with van der Waals surface area (Å²) in [5.74, 6) is -0.411. The molecule has 0 spiro atoms. The average Bonchev–Trinajstić information content (AvgIpc) is 2.71. The molecule has 1 aliphatic rings. The molecule has 2 aromatic rings. The van der Waals surface area contributed by atoms with E-state index in [1.807, 2.05) is 12.1 Å². The van der Waals surface area contributed by atoms with Crippen molar-refractivity contribution < 1.29 is 18.0 Å². The number of nitrogens with one attached hydrogen (secondary N) is 1. The number of hydrazine groups is 1. The molecule has 1 amide bonds. The van der Waals surface area contributed by atoms with Crippen LogP contribution in [-0.2, 0) is 4.79 Å². The van der Waals surface area contributed by atoms with Crippen LogP contribution < -0.4 is 5.43 Å². The Morgan fingerprint density at radius 1 is 1.21 bits per heavy atom. The van der Waals surface area contributed by atoms with Gasteiger partial charge in [0.2, 0.25) is 5.91 Å². The first-order chi connectivity index (χ1) is 11.1. The van der Waals surface area contributed by atoms with Gasteiger partial charge in [0.15, 0.2) is 6.04 Å². The maximum Gasteiger partial charge on any atom is 0.409 e. The first-order valence-electron chi connectivity index (χ1n) is 7.43. The zero-order valence-corrected chi connectivity index (χ0v) is 14.7. The number of amides is 1. The van der Waals surface area contributed by atoms with Gasteiger partial charge in [-0.05, 0) is 42.3 Å². The molecule has 1 heterocycles. The molecule has 1 saturated heterocycles. The molecule has 7 heteroatoms. The molecule has 3 nitrogen and oxygen atoms in total. The van der Waals surface area contributed by atoms with E-state index in [1.165, 1.54) is 6.07 Å². The number of hydrogen-bond acceptors (Lipinski definition) is 2. The van der Waals surface area contributed by atoms with Crippen molar-refractivity contribution in [2.24, 2.45) is 0 Å². The van der Waals surface area contributed by atoms with Crippen LogP contribution in [0.4, 0.5) is 13.2 Å². The predicted molar refractivity (Wildman–Crippen MR) is 89.1 cm³/mol. The smallest absolute Gasteiger partial charge is 0.287 e. The molecule has 0 bridgehead atoms. The van der Waals surface area contributed by atoms with Crippen LogP contribution in [0.5, 0.6) is 0 Å². The molecule has 1 atom stereocenters. The topological polar surface area (TPSA) is 32.3 Å². The quantitative estimate of drug-likeness (QED) is 0.790. The molecule has 1 fully saturated rings. The monoisotopic (exact) mass is 400 g/mol. The number of rotatable bonds is 2. The second kappa shape index (κ2) is 5.74. The van der Waals surface area contributed by atoms with Crippen molar-refractivity contribution in [3.8, 4) is 0 Å². The molecule has 2 aromatic carbocycles. The Labute approximate surface area is 145 Å². The summed E-state index contributed by atoms with van der Waals surface area (Å²) in [6.07, 6.45) is -4.52. The van der Waals surface area contributed by atoms with E-state index in [1.54, 1.807) is 32.0 Å². The van der Waals surface area contributed by atoms with Crippen LogP contribution in [0.25, 0.3) is 10.8 Å². The Balaban J connectivity index is 2.17. The van der Waals surface area contributed by atoms with Crippen LogP contribution in [0.15, 0.2) is 40.9 Å². The standard InChI is InChI=1S/C17H16BrF3N2O/c1-16(2)9-14(24)22-23(16)15(17(19,20)21)12-7-10-5-3-4-6-11(10)8-13(12)18/h3-8,15H,9H2,1-2H3,(H,22,24). The van der Waals surface area contributed by atoms with Crippen LogP contribution in [0.2, 0.25) is 0 Å². The molecule has 0 saturated carbocycles. The molecule has 0 radical (unpaired) electrons. The number of fused-ring (bicyclic) bond motifs is 1. The van der Waals surface area contributed by atoms with Gasteiger partial charge in [0.1, 0.15) is 0 Å². The van der Waals surface area contributed by atoms with Crippen molar-refractivity contribution >= 4 is 32.6 Å². The molecule has 24 heavy (non-hydrogen) atoms. The lowest BCUT2D eigenvalue weighted by Gasteiger charge is -2.38. The van der Waals surface area contributed by atoms with Gasteiger partial charge in [-0.2, -0.15) is 18.2 Å². The molecular formula is C17H16BrF3N2O. The van der Waals surface area contributed by atoms with E-state index in [0.717, 1.165) is 10.4 Å². The second-order valence-corrected chi connectivity index (χ2v) is 7.41. The number of hydrogen-bond donors (Lipinski definition) is 1. The Morgan fingerprint density at radius 2 is 1.79 bits per heavy atom. The summed E-state index contributed by atoms with van der Waals surface area (Å²) in [5, 5.41) is 2.58. The molecular weight excluding hydrogens is 385 g/mol. The number of benzene rings is 2. The number of halogens is 4. The van der Waals surface area contributed by atoms with Crippen molar-refractivity contribution in [2.75, 3.05) is 0 Å². The summed E-state index contributed by atoms with van der Waals surface area (Å²) in [6.45, 7) is 3.25. The van der Waals surface area contributed by atoms with E-state index in [9.17, 15) is 18.0 Å². The summed E-state index contributed by atoms with van der Waals surface area (Å²) < 4.78 is 42.0. The molecule has 0 aliphatic carbocycles. The first kappa shape index (κ1) is 17.2. The SMILES string of the molecule is CC1(C)CC(=O)NN1C(c1cc2ccccc2cc1Br)C(F)(F)F. The van der Waals surface area contributed by atoms with E-state index in [-0.39, 0.29) is 12.0 Å². The van der Waals surface area contributed by atoms with Crippen molar-refractivity contribution in [3.05, 3.63) is 46.4 Å². The van der Waals surface area contributed by atoms with E-state index in [4.69, 9.17) is 0 Å². The normalized spacial score (nSPS) is 19.5. The minimum atomic E-state index is -4.54. The molecule has 0 aromatic heterocycles. The first-order valence-corrected chi connectivity index (χ1v) is 8.22. The van der Waals surface area contributed by atoms with Crippen molar-refractivity contribution in [3.63, 3.8) is 0 Å². The van der Waals surface area contributed by atoms with Crippen LogP contribution in [0, 0.1) is 0 Å². The van der Waals surface area contributed by atoms with Gasteiger partial charge in [-0.1, -0.05) is 40.2 Å². The van der Waals surface area contributed by atoms with Gasteiger partial charge >= 0.3 is 6.18 Å². The van der Waals surface area contributed by atoms with Crippen LogP contribution in [0.1, 0.15) is 31.9 Å². The number of carbonyl (C=O) groups is 1. The van der Waals surface area contributed by atoms with Crippen molar-refractivity contribution in [1.29, 1.82) is 0 Å². The van der Waals surface area contributed by atoms with Crippen LogP contribution in [-0.4, -0.2) is 22.6 Å². The average molecular weight is 401 g/mol. The predicted octanol–water partition coefficient (Wildman–Crippen LogP) is 4.72. The Morgan fingerprint density at radius 3 is 2.29 bits per heavy atom. The number of alkyl halides is 3. The summed E-state index contributed by atoms with van der Waals surface area (Å²) >= 11 is 3.27. The van der Waals surface area contributed by atoms with Gasteiger partial charge in [0.25, 0.3) is 0 Å². The number of carbonyl (C=O) groups excluding carboxylic acids is 1. The van der Waals surface area contributed by atoms with Crippen LogP contribution in [0.3, 0.4) is 0 Å². The minimum Gasteiger partial charge on any atom is -0.287 e. The lowest BCUT2D eigenvalue weighted by molar-refractivity contribution is -0.204. The highest BCUT2D eigenvalue weighted by atomic mass is 79.9. The van der Waals surface area contributed by atoms with E-state index in [2.05, 4.69) is 21.4 Å². The highest BCUT2D eigenvalue weighted by molar-refractivity contribution is 9.10. The fourth-order valence-electron chi connectivity index (χ4n) is 3.12. The highest BCUT2D eigenvalue weighted by Crippen LogP contribution is 2.45. The van der Waals surface area contributed by atoms with Crippen LogP contribution >= 0.6 is 15.9 Å². The molecule has 128 valence electrons. The van der Waals surface area contributed by atoms with Crippen molar-refractivity contribution in [2.45, 2.75) is 38.0 Å². The fourth-order valence-corrected chi connectivity index (χ4v) is 3.70. The van der Waals surface area contributed by atoms with Crippen molar-refractivity contribution in [1.82, 2.24) is 10.4 Å². The maximum absolute atomic E-state index is 13.9. The third kappa shape index (κ3) is 3.02. The Kier molecular flexibility index (Phi) is 4.12. The van der Waals surface area contributed by atoms with Gasteiger partial charge in [0, 0.05) is 16.4 Å². The minimum absolute atomic E-state index is 0.0186. The second-order valence-electron chi connectivity index (χ2n) is 6.56. The third-order valence-corrected chi connectivity index (χ3v) is 4.91. The Bertz CT molecular complexity index is 804. The zero-order chi connectivity index (χ0) is 17.7. The van der Waals surface area contributed by atoms with E-state index >= 15 is 0 Å². The van der Waals surface area contributed by atoms with Gasteiger partial charge < -0.3 is 0 Å². The highest BCUT2D eigenvalue weighted by Gasteiger charge is 2.53. The largest absolute Gasteiger partial charge is 0.409 e. The maximum atomic E-state index is 13.9. The lowest BCUT2D eigenvalue weighted by atomic mass is 9.95. The third-order valence-electron chi connectivity index (χ3n) is 4.22. The Hall–Kier alpha value is -1.60. The van der Waals surface area contributed by atoms with Gasteiger partial charge in [-0.15, -0.1) is 0 Å². The van der Waals surface area contributed by atoms with Gasteiger partial charge in [-0.25, -0.2) is 0 Å². The zero-order valence-electron chi connectivity index (χ0n) is 13.1. The van der Waals surface area contributed by atoms with E-state index < -0.39 is 23.7 Å². The summed E-state index contributed by atoms with van der Waals surface area (Å²) in [5.41, 5.74) is 1.52. The molecule has 3 rings (SSSR count).